The summed E-state index contributed by atoms with van der Waals surface area (Å²) in [6.45, 7) is 9.18. The lowest BCUT2D eigenvalue weighted by Crippen LogP contribution is -2.58. The van der Waals surface area contributed by atoms with Crippen molar-refractivity contribution in [3.8, 4) is 22.4 Å². The van der Waals surface area contributed by atoms with Crippen molar-refractivity contribution in [3.05, 3.63) is 54.5 Å². The van der Waals surface area contributed by atoms with E-state index in [9.17, 15) is 0 Å². The monoisotopic (exact) mass is 375 g/mol. The smallest absolute Gasteiger partial charge is 0.0929 e. The third kappa shape index (κ3) is 4.30. The fourth-order valence-electron chi connectivity index (χ4n) is 4.84. The van der Waals surface area contributed by atoms with Crippen molar-refractivity contribution in [2.75, 3.05) is 0 Å². The molecule has 0 unspecified atom stereocenters. The van der Waals surface area contributed by atoms with Crippen molar-refractivity contribution >= 4 is 0 Å². The lowest BCUT2D eigenvalue weighted by Gasteiger charge is -2.46. The van der Waals surface area contributed by atoms with Gasteiger partial charge in [-0.05, 0) is 70.6 Å². The molecule has 0 bridgehead atoms. The van der Waals surface area contributed by atoms with Crippen LogP contribution in [0.3, 0.4) is 0 Å². The van der Waals surface area contributed by atoms with Gasteiger partial charge in [0.05, 0.1) is 17.6 Å². The van der Waals surface area contributed by atoms with Gasteiger partial charge in [-0.2, -0.15) is 15.3 Å². The van der Waals surface area contributed by atoms with E-state index in [2.05, 4.69) is 89.8 Å². The lowest BCUT2D eigenvalue weighted by molar-refractivity contribution is 0.128. The fraction of sp³-hybridized carbons (Fsp3) is 0.435. The van der Waals surface area contributed by atoms with Crippen molar-refractivity contribution in [1.29, 1.82) is 0 Å². The molecule has 0 radical (unpaired) electrons. The summed E-state index contributed by atoms with van der Waals surface area (Å²) in [5.74, 6) is 0.626. The summed E-state index contributed by atoms with van der Waals surface area (Å²) in [4.78, 5) is 0. The van der Waals surface area contributed by atoms with E-state index in [4.69, 9.17) is 0 Å². The van der Waals surface area contributed by atoms with Crippen molar-refractivity contribution in [3.63, 3.8) is 0 Å². The number of piperidine rings is 1. The molecule has 0 amide bonds. The van der Waals surface area contributed by atoms with Gasteiger partial charge in [0, 0.05) is 28.4 Å². The van der Waals surface area contributed by atoms with E-state index in [1.807, 2.05) is 12.4 Å². The predicted octanol–water partition coefficient (Wildman–Crippen LogP) is 4.63. The second-order valence-electron chi connectivity index (χ2n) is 9.35. The number of benzene rings is 1. The van der Waals surface area contributed by atoms with Gasteiger partial charge in [-0.3, -0.25) is 5.10 Å². The van der Waals surface area contributed by atoms with Crippen LogP contribution in [0.5, 0.6) is 0 Å². The molecule has 1 aliphatic rings. The van der Waals surface area contributed by atoms with Gasteiger partial charge in [0.25, 0.3) is 0 Å². The van der Waals surface area contributed by atoms with E-state index in [-0.39, 0.29) is 11.1 Å². The van der Waals surface area contributed by atoms with Gasteiger partial charge >= 0.3 is 0 Å². The quantitative estimate of drug-likeness (QED) is 0.697. The Morgan fingerprint density at radius 2 is 1.54 bits per heavy atom. The predicted molar refractivity (Wildman–Crippen MR) is 113 cm³/mol. The Morgan fingerprint density at radius 1 is 0.857 bits per heavy atom. The molecule has 0 aliphatic carbocycles. The third-order valence-corrected chi connectivity index (χ3v) is 5.50. The Labute approximate surface area is 167 Å². The van der Waals surface area contributed by atoms with Crippen LogP contribution in [-0.4, -0.2) is 31.5 Å². The number of nitrogens with one attached hydrogen (secondary N) is 2. The maximum absolute atomic E-state index is 4.53. The van der Waals surface area contributed by atoms with Crippen molar-refractivity contribution in [1.82, 2.24) is 25.7 Å². The Balaban J connectivity index is 1.45. The van der Waals surface area contributed by atoms with Crippen LogP contribution >= 0.6 is 0 Å². The number of hydrogen-bond donors (Lipinski definition) is 2. The van der Waals surface area contributed by atoms with Gasteiger partial charge in [0.15, 0.2) is 0 Å². The molecule has 1 saturated heterocycles. The van der Waals surface area contributed by atoms with Crippen LogP contribution in [0.25, 0.3) is 22.4 Å². The maximum Gasteiger partial charge on any atom is 0.0929 e. The van der Waals surface area contributed by atoms with Gasteiger partial charge in [-0.1, -0.05) is 24.3 Å². The first-order valence-electron chi connectivity index (χ1n) is 10.0. The molecule has 1 aliphatic heterocycles. The summed E-state index contributed by atoms with van der Waals surface area (Å²) in [6, 6.07) is 12.6. The highest BCUT2D eigenvalue weighted by molar-refractivity contribution is 5.67. The minimum atomic E-state index is 0.163. The Morgan fingerprint density at radius 3 is 2.11 bits per heavy atom. The molecule has 5 heteroatoms. The van der Waals surface area contributed by atoms with Crippen LogP contribution in [0.4, 0.5) is 0 Å². The molecule has 2 aromatic heterocycles. The van der Waals surface area contributed by atoms with E-state index in [0.717, 1.165) is 47.3 Å². The third-order valence-electron chi connectivity index (χ3n) is 5.50. The molecule has 1 aromatic carbocycles. The second kappa shape index (κ2) is 7.13. The second-order valence-corrected chi connectivity index (χ2v) is 9.35. The molecule has 1 fully saturated rings. The summed E-state index contributed by atoms with van der Waals surface area (Å²) in [5, 5.41) is 19.6. The molecule has 0 atom stereocenters. The molecule has 2 N–H and O–H groups in total. The minimum absolute atomic E-state index is 0.163. The molecule has 3 aromatic rings. The summed E-state index contributed by atoms with van der Waals surface area (Å²) in [7, 11) is 0. The molecule has 5 nitrogen and oxygen atoms in total. The molecule has 28 heavy (non-hydrogen) atoms. The van der Waals surface area contributed by atoms with Crippen molar-refractivity contribution in [2.45, 2.75) is 58.0 Å². The fourth-order valence-corrected chi connectivity index (χ4v) is 4.84. The normalized spacial score (nSPS) is 18.9. The highest BCUT2D eigenvalue weighted by Crippen LogP contribution is 2.34. The first-order chi connectivity index (χ1) is 13.3. The van der Waals surface area contributed by atoms with Gasteiger partial charge in [0.2, 0.25) is 0 Å². The van der Waals surface area contributed by atoms with Crippen molar-refractivity contribution < 1.29 is 0 Å². The number of aromatic amines is 1. The topological polar surface area (TPSA) is 66.5 Å². The van der Waals surface area contributed by atoms with Crippen molar-refractivity contribution in [2.24, 2.45) is 5.92 Å². The van der Waals surface area contributed by atoms with Crippen LogP contribution in [-0.2, 0) is 6.42 Å². The van der Waals surface area contributed by atoms with E-state index in [1.54, 1.807) is 0 Å². The summed E-state index contributed by atoms with van der Waals surface area (Å²) in [6.07, 6.45) is 7.03. The van der Waals surface area contributed by atoms with Crippen LogP contribution in [0, 0.1) is 5.92 Å². The first kappa shape index (κ1) is 18.8. The van der Waals surface area contributed by atoms with E-state index in [0.29, 0.717) is 5.92 Å². The van der Waals surface area contributed by atoms with E-state index in [1.165, 1.54) is 0 Å². The van der Waals surface area contributed by atoms with Crippen LogP contribution < -0.4 is 5.32 Å². The highest BCUT2D eigenvalue weighted by atomic mass is 15.1. The van der Waals surface area contributed by atoms with Crippen LogP contribution in [0.1, 0.15) is 46.2 Å². The average molecular weight is 376 g/mol. The highest BCUT2D eigenvalue weighted by Gasteiger charge is 2.37. The number of hydrogen-bond acceptors (Lipinski definition) is 4. The summed E-state index contributed by atoms with van der Waals surface area (Å²) >= 11 is 0. The largest absolute Gasteiger partial charge is 0.307 e. The standard InChI is InChI=1S/C23H29N5/c1-22(2)12-16(13-23(3,4)28-22)11-20-9-10-21(27-26-20)18-7-5-17(6-8-18)19-14-24-25-15-19/h5-10,14-16,28H,11-13H2,1-4H3,(H,24,25). The lowest BCUT2D eigenvalue weighted by atomic mass is 9.74. The molecule has 0 saturated carbocycles. The Bertz CT molecular complexity index is 893. The van der Waals surface area contributed by atoms with Gasteiger partial charge in [-0.25, -0.2) is 0 Å². The van der Waals surface area contributed by atoms with E-state index >= 15 is 0 Å². The maximum atomic E-state index is 4.53. The number of aromatic nitrogens is 4. The Hall–Kier alpha value is -2.53. The van der Waals surface area contributed by atoms with Gasteiger partial charge in [0.1, 0.15) is 0 Å². The molecular formula is C23H29N5. The van der Waals surface area contributed by atoms with Crippen LogP contribution in [0.15, 0.2) is 48.8 Å². The number of rotatable bonds is 4. The SMILES string of the molecule is CC1(C)CC(Cc2ccc(-c3ccc(-c4cn[nH]c4)cc3)nn2)CC(C)(C)N1. The molecule has 3 heterocycles. The molecule has 4 rings (SSSR count). The van der Waals surface area contributed by atoms with E-state index < -0.39 is 0 Å². The molecular weight excluding hydrogens is 346 g/mol. The molecule has 0 spiro atoms. The summed E-state index contributed by atoms with van der Waals surface area (Å²) < 4.78 is 0. The first-order valence-corrected chi connectivity index (χ1v) is 10.0. The summed E-state index contributed by atoms with van der Waals surface area (Å²) in [5.41, 5.74) is 5.62. The van der Waals surface area contributed by atoms with Gasteiger partial charge < -0.3 is 5.32 Å². The number of nitrogens with zero attached hydrogens (tertiary/aromatic N) is 3. The average Bonchev–Trinajstić information content (AvgIpc) is 3.14. The van der Waals surface area contributed by atoms with Gasteiger partial charge in [-0.15, -0.1) is 0 Å². The zero-order valence-corrected chi connectivity index (χ0v) is 17.2. The molecule has 146 valence electrons. The Kier molecular flexibility index (Phi) is 4.79. The zero-order valence-electron chi connectivity index (χ0n) is 17.2. The number of H-pyrrole nitrogens is 1. The zero-order chi connectivity index (χ0) is 19.8. The van der Waals surface area contributed by atoms with Crippen LogP contribution in [0.2, 0.25) is 0 Å². The minimum Gasteiger partial charge on any atom is -0.307 e.